The van der Waals surface area contributed by atoms with Crippen molar-refractivity contribution < 1.29 is 9.59 Å². The number of amides is 2. The number of aryl methyl sites for hydroxylation is 1. The van der Waals surface area contributed by atoms with Crippen LogP contribution < -0.4 is 16.6 Å². The first-order valence-electron chi connectivity index (χ1n) is 8.18. The van der Waals surface area contributed by atoms with Crippen LogP contribution in [0.2, 0.25) is 0 Å². The minimum absolute atomic E-state index is 0.113. The number of fused-ring (bicyclic) bond motifs is 1. The number of carbonyl (C=O) groups excluding carboxylic acids is 2. The van der Waals surface area contributed by atoms with E-state index in [1.54, 1.807) is 42.5 Å². The van der Waals surface area contributed by atoms with Gasteiger partial charge in [0.15, 0.2) is 0 Å². The van der Waals surface area contributed by atoms with E-state index < -0.39 is 5.91 Å². The number of nitrogens with one attached hydrogen (secondary N) is 1. The molecule has 0 bridgehead atoms. The van der Waals surface area contributed by atoms with Crippen molar-refractivity contribution in [3.8, 4) is 0 Å². The van der Waals surface area contributed by atoms with Crippen molar-refractivity contribution in [3.05, 3.63) is 70.8 Å². The Bertz CT molecular complexity index is 1010. The predicted molar refractivity (Wildman–Crippen MR) is 98.8 cm³/mol. The molecule has 3 rings (SSSR count). The predicted octanol–water partition coefficient (Wildman–Crippen LogP) is 1.91. The molecule has 1 heterocycles. The van der Waals surface area contributed by atoms with Crippen LogP contribution in [0.4, 0.5) is 5.69 Å². The number of anilines is 1. The van der Waals surface area contributed by atoms with Gasteiger partial charge in [0, 0.05) is 24.2 Å². The van der Waals surface area contributed by atoms with Crippen molar-refractivity contribution in [2.75, 3.05) is 5.32 Å². The fourth-order valence-electron chi connectivity index (χ4n) is 2.62. The third-order valence-corrected chi connectivity index (χ3v) is 3.99. The maximum atomic E-state index is 12.4. The molecule has 3 N–H and O–H groups in total. The minimum Gasteiger partial charge on any atom is -0.366 e. The molecule has 0 aliphatic carbocycles. The Kier molecular flexibility index (Phi) is 5.07. The zero-order valence-electron chi connectivity index (χ0n) is 14.0. The van der Waals surface area contributed by atoms with Gasteiger partial charge in [0.2, 0.25) is 11.8 Å². The van der Waals surface area contributed by atoms with Gasteiger partial charge in [-0.05, 0) is 42.8 Å². The number of primary amides is 1. The second-order valence-electron chi connectivity index (χ2n) is 5.85. The highest BCUT2D eigenvalue weighted by Gasteiger charge is 2.06. The third-order valence-electron chi connectivity index (χ3n) is 3.99. The molecule has 0 aliphatic rings. The van der Waals surface area contributed by atoms with Crippen LogP contribution in [-0.4, -0.2) is 21.4 Å². The molecule has 0 aliphatic heterocycles. The highest BCUT2D eigenvalue weighted by atomic mass is 16.2. The summed E-state index contributed by atoms with van der Waals surface area (Å²) in [6.45, 7) is 0.407. The monoisotopic (exact) mass is 350 g/mol. The van der Waals surface area contributed by atoms with Gasteiger partial charge in [-0.3, -0.25) is 19.0 Å². The van der Waals surface area contributed by atoms with Crippen molar-refractivity contribution in [3.63, 3.8) is 0 Å². The summed E-state index contributed by atoms with van der Waals surface area (Å²) in [4.78, 5) is 39.7. The van der Waals surface area contributed by atoms with E-state index in [-0.39, 0.29) is 17.9 Å². The number of benzene rings is 2. The van der Waals surface area contributed by atoms with E-state index in [0.717, 1.165) is 0 Å². The molecule has 7 heteroatoms. The number of nitrogens with zero attached hydrogens (tertiary/aromatic N) is 2. The number of nitrogens with two attached hydrogens (primary N) is 1. The molecule has 1 aromatic heterocycles. The van der Waals surface area contributed by atoms with Gasteiger partial charge in [0.05, 0.1) is 17.2 Å². The molecule has 0 spiro atoms. The fraction of sp³-hybridized carbons (Fsp3) is 0.158. The Morgan fingerprint density at radius 3 is 2.54 bits per heavy atom. The summed E-state index contributed by atoms with van der Waals surface area (Å²) in [6, 6.07) is 13.5. The quantitative estimate of drug-likeness (QED) is 0.708. The normalized spacial score (nSPS) is 10.6. The van der Waals surface area contributed by atoms with Crippen LogP contribution in [0.3, 0.4) is 0 Å². The van der Waals surface area contributed by atoms with Crippen LogP contribution in [0.5, 0.6) is 0 Å². The smallest absolute Gasteiger partial charge is 0.261 e. The molecule has 132 valence electrons. The standard InChI is InChI=1S/C19H18N4O3/c20-18(25)13-7-9-14(10-8-13)22-17(24)6-3-11-23-12-21-16-5-2-1-4-15(16)19(23)26/h1-2,4-5,7-10,12H,3,6,11H2,(H2,20,25)(H,22,24). The van der Waals surface area contributed by atoms with E-state index in [1.165, 1.54) is 10.9 Å². The fourth-order valence-corrected chi connectivity index (χ4v) is 2.62. The first-order valence-corrected chi connectivity index (χ1v) is 8.18. The molecular formula is C19H18N4O3. The average molecular weight is 350 g/mol. The van der Waals surface area contributed by atoms with Crippen LogP contribution in [0.1, 0.15) is 23.2 Å². The number of para-hydroxylation sites is 1. The largest absolute Gasteiger partial charge is 0.366 e. The van der Waals surface area contributed by atoms with E-state index >= 15 is 0 Å². The summed E-state index contributed by atoms with van der Waals surface area (Å²) in [7, 11) is 0. The molecule has 2 amide bonds. The number of hydrogen-bond donors (Lipinski definition) is 2. The van der Waals surface area contributed by atoms with E-state index in [2.05, 4.69) is 10.3 Å². The van der Waals surface area contributed by atoms with Crippen LogP contribution in [0.15, 0.2) is 59.7 Å². The lowest BCUT2D eigenvalue weighted by atomic mass is 10.2. The maximum Gasteiger partial charge on any atom is 0.261 e. The average Bonchev–Trinajstić information content (AvgIpc) is 2.64. The summed E-state index contributed by atoms with van der Waals surface area (Å²) < 4.78 is 1.51. The highest BCUT2D eigenvalue weighted by Crippen LogP contribution is 2.10. The molecular weight excluding hydrogens is 332 g/mol. The summed E-state index contributed by atoms with van der Waals surface area (Å²) in [5, 5.41) is 3.31. The second kappa shape index (κ2) is 7.60. The lowest BCUT2D eigenvalue weighted by molar-refractivity contribution is -0.116. The topological polar surface area (TPSA) is 107 Å². The first-order chi connectivity index (χ1) is 12.5. The second-order valence-corrected chi connectivity index (χ2v) is 5.85. The molecule has 0 radical (unpaired) electrons. The summed E-state index contributed by atoms with van der Waals surface area (Å²) in [5.74, 6) is -0.684. The van der Waals surface area contributed by atoms with Crippen LogP contribution in [0.25, 0.3) is 10.9 Å². The number of rotatable bonds is 6. The highest BCUT2D eigenvalue weighted by molar-refractivity contribution is 5.94. The first kappa shape index (κ1) is 17.3. The Morgan fingerprint density at radius 2 is 1.81 bits per heavy atom. The van der Waals surface area contributed by atoms with E-state index in [0.29, 0.717) is 35.1 Å². The Balaban J connectivity index is 1.56. The summed E-state index contributed by atoms with van der Waals surface area (Å²) >= 11 is 0. The van der Waals surface area contributed by atoms with Crippen molar-refractivity contribution in [2.45, 2.75) is 19.4 Å². The van der Waals surface area contributed by atoms with Crippen LogP contribution >= 0.6 is 0 Å². The van der Waals surface area contributed by atoms with Gasteiger partial charge in [-0.2, -0.15) is 0 Å². The number of aromatic nitrogens is 2. The zero-order chi connectivity index (χ0) is 18.5. The van der Waals surface area contributed by atoms with Crippen molar-refractivity contribution >= 4 is 28.4 Å². The van der Waals surface area contributed by atoms with Gasteiger partial charge < -0.3 is 11.1 Å². The molecule has 0 unspecified atom stereocenters. The molecule has 0 fully saturated rings. The Morgan fingerprint density at radius 1 is 1.08 bits per heavy atom. The summed E-state index contributed by atoms with van der Waals surface area (Å²) in [5.41, 5.74) is 6.69. The van der Waals surface area contributed by atoms with E-state index in [1.807, 2.05) is 6.07 Å². The van der Waals surface area contributed by atoms with Gasteiger partial charge in [0.1, 0.15) is 0 Å². The van der Waals surface area contributed by atoms with Gasteiger partial charge >= 0.3 is 0 Å². The summed E-state index contributed by atoms with van der Waals surface area (Å²) in [6.07, 6.45) is 2.27. The molecule has 7 nitrogen and oxygen atoms in total. The molecule has 26 heavy (non-hydrogen) atoms. The van der Waals surface area contributed by atoms with Crippen molar-refractivity contribution in [2.24, 2.45) is 5.73 Å². The molecule has 0 saturated carbocycles. The lowest BCUT2D eigenvalue weighted by Crippen LogP contribution is -2.21. The zero-order valence-corrected chi connectivity index (χ0v) is 14.0. The molecule has 2 aromatic carbocycles. The Labute approximate surface area is 149 Å². The number of carbonyl (C=O) groups is 2. The maximum absolute atomic E-state index is 12.4. The lowest BCUT2D eigenvalue weighted by Gasteiger charge is -2.08. The Hall–Kier alpha value is -3.48. The third kappa shape index (κ3) is 3.94. The molecule has 3 aromatic rings. The van der Waals surface area contributed by atoms with E-state index in [4.69, 9.17) is 5.73 Å². The van der Waals surface area contributed by atoms with Gasteiger partial charge in [-0.1, -0.05) is 12.1 Å². The van der Waals surface area contributed by atoms with Crippen molar-refractivity contribution in [1.29, 1.82) is 0 Å². The number of hydrogen-bond acceptors (Lipinski definition) is 4. The molecule has 0 saturated heterocycles. The molecule has 0 atom stereocenters. The van der Waals surface area contributed by atoms with Gasteiger partial charge in [-0.25, -0.2) is 4.98 Å². The van der Waals surface area contributed by atoms with Crippen LogP contribution in [-0.2, 0) is 11.3 Å². The van der Waals surface area contributed by atoms with Crippen molar-refractivity contribution in [1.82, 2.24) is 9.55 Å². The van der Waals surface area contributed by atoms with Gasteiger partial charge in [-0.15, -0.1) is 0 Å². The van der Waals surface area contributed by atoms with Crippen LogP contribution in [0, 0.1) is 0 Å². The van der Waals surface area contributed by atoms with Gasteiger partial charge in [0.25, 0.3) is 5.56 Å². The van der Waals surface area contributed by atoms with E-state index in [9.17, 15) is 14.4 Å². The SMILES string of the molecule is NC(=O)c1ccc(NC(=O)CCCn2cnc3ccccc3c2=O)cc1. The minimum atomic E-state index is -0.516.